The Morgan fingerprint density at radius 3 is 2.74 bits per heavy atom. The first-order valence-corrected chi connectivity index (χ1v) is 7.38. The van der Waals surface area contributed by atoms with E-state index in [1.165, 1.54) is 13.0 Å². The molecule has 0 aliphatic carbocycles. The van der Waals surface area contributed by atoms with Crippen LogP contribution in [0.5, 0.6) is 0 Å². The van der Waals surface area contributed by atoms with Gasteiger partial charge in [-0.1, -0.05) is 41.9 Å². The highest BCUT2D eigenvalue weighted by atomic mass is 35.5. The number of fused-ring (bicyclic) bond motifs is 1. The van der Waals surface area contributed by atoms with E-state index in [4.69, 9.17) is 16.3 Å². The van der Waals surface area contributed by atoms with Gasteiger partial charge in [-0.25, -0.2) is 4.79 Å². The molecule has 0 aliphatic rings. The number of aromatic nitrogens is 2. The van der Waals surface area contributed by atoms with Gasteiger partial charge in [-0.15, -0.1) is 0 Å². The van der Waals surface area contributed by atoms with Crippen molar-refractivity contribution in [2.24, 2.45) is 0 Å². The van der Waals surface area contributed by atoms with E-state index >= 15 is 0 Å². The molecular weight excluding hydrogens is 316 g/mol. The van der Waals surface area contributed by atoms with Gasteiger partial charge in [0.2, 0.25) is 5.78 Å². The third kappa shape index (κ3) is 3.10. The van der Waals surface area contributed by atoms with Crippen molar-refractivity contribution in [3.05, 3.63) is 64.8 Å². The molecule has 0 radical (unpaired) electrons. The van der Waals surface area contributed by atoms with E-state index in [2.05, 4.69) is 10.2 Å². The molecular formula is C17H13ClN2O3. The van der Waals surface area contributed by atoms with Crippen molar-refractivity contribution in [3.63, 3.8) is 0 Å². The molecule has 0 aliphatic heterocycles. The molecule has 5 nitrogen and oxygen atoms in total. The van der Waals surface area contributed by atoms with Crippen LogP contribution in [0.2, 0.25) is 5.02 Å². The van der Waals surface area contributed by atoms with E-state index < -0.39 is 12.1 Å². The Morgan fingerprint density at radius 2 is 1.96 bits per heavy atom. The molecule has 1 heterocycles. The molecule has 6 heteroatoms. The number of carbonyl (C=O) groups is 2. The molecule has 0 fully saturated rings. The average molecular weight is 329 g/mol. The van der Waals surface area contributed by atoms with Gasteiger partial charge in [-0.05, 0) is 25.1 Å². The fourth-order valence-electron chi connectivity index (χ4n) is 2.27. The Hall–Kier alpha value is -2.66. The summed E-state index contributed by atoms with van der Waals surface area (Å²) >= 11 is 5.87. The normalized spacial score (nSPS) is 12.1. The number of para-hydroxylation sites is 1. The zero-order valence-electron chi connectivity index (χ0n) is 12.2. The maximum Gasteiger partial charge on any atom is 0.360 e. The van der Waals surface area contributed by atoms with Crippen LogP contribution >= 0.6 is 11.6 Å². The van der Waals surface area contributed by atoms with Crippen molar-refractivity contribution >= 4 is 34.3 Å². The number of aromatic amines is 1. The molecule has 0 saturated heterocycles. The van der Waals surface area contributed by atoms with Crippen molar-refractivity contribution < 1.29 is 14.3 Å². The summed E-state index contributed by atoms with van der Waals surface area (Å²) in [6.45, 7) is 1.52. The number of ether oxygens (including phenoxy) is 1. The number of nitrogens with zero attached hydrogens (tertiary/aromatic N) is 1. The van der Waals surface area contributed by atoms with Gasteiger partial charge in [0.25, 0.3) is 0 Å². The lowest BCUT2D eigenvalue weighted by molar-refractivity contribution is 0.0315. The number of nitrogens with one attached hydrogen (secondary N) is 1. The van der Waals surface area contributed by atoms with E-state index in [1.807, 2.05) is 6.07 Å². The largest absolute Gasteiger partial charge is 0.449 e. The molecule has 0 saturated carbocycles. The highest BCUT2D eigenvalue weighted by Gasteiger charge is 2.23. The summed E-state index contributed by atoms with van der Waals surface area (Å²) in [6.07, 6.45) is -0.934. The summed E-state index contributed by atoms with van der Waals surface area (Å²) in [5.74, 6) is -0.967. The second-order valence-electron chi connectivity index (χ2n) is 5.04. The maximum atomic E-state index is 12.3. The number of carbonyl (C=O) groups excluding carboxylic acids is 2. The summed E-state index contributed by atoms with van der Waals surface area (Å²) in [4.78, 5) is 24.6. The zero-order chi connectivity index (χ0) is 16.4. The van der Waals surface area contributed by atoms with Crippen molar-refractivity contribution in [2.45, 2.75) is 13.0 Å². The van der Waals surface area contributed by atoms with Crippen LogP contribution < -0.4 is 0 Å². The third-order valence-electron chi connectivity index (χ3n) is 3.43. The fraction of sp³-hybridized carbons (Fsp3) is 0.118. The van der Waals surface area contributed by atoms with E-state index in [-0.39, 0.29) is 11.5 Å². The Morgan fingerprint density at radius 1 is 1.17 bits per heavy atom. The molecule has 1 N–H and O–H groups in total. The summed E-state index contributed by atoms with van der Waals surface area (Å²) < 4.78 is 5.24. The summed E-state index contributed by atoms with van der Waals surface area (Å²) in [6, 6.07) is 13.7. The number of halogens is 1. The summed E-state index contributed by atoms with van der Waals surface area (Å²) in [5.41, 5.74) is 1.28. The highest BCUT2D eigenvalue weighted by molar-refractivity contribution is 6.31. The molecule has 3 rings (SSSR count). The lowest BCUT2D eigenvalue weighted by Gasteiger charge is -2.11. The first-order valence-electron chi connectivity index (χ1n) is 7.00. The summed E-state index contributed by atoms with van der Waals surface area (Å²) in [5, 5.41) is 7.82. The topological polar surface area (TPSA) is 72.0 Å². The van der Waals surface area contributed by atoms with E-state index in [9.17, 15) is 9.59 Å². The SMILES string of the molecule is C[C@@H](OC(=O)c1n[nH]c2ccccc12)C(=O)c1cccc(Cl)c1. The van der Waals surface area contributed by atoms with Crippen LogP contribution in [-0.4, -0.2) is 28.1 Å². The number of esters is 1. The van der Waals surface area contributed by atoms with Gasteiger partial charge in [0, 0.05) is 16.0 Å². The second kappa shape index (κ2) is 6.22. The molecule has 0 amide bonds. The quantitative estimate of drug-likeness (QED) is 0.586. The molecule has 1 aromatic heterocycles. The van der Waals surface area contributed by atoms with Crippen LogP contribution in [0.15, 0.2) is 48.5 Å². The van der Waals surface area contributed by atoms with Crippen molar-refractivity contribution in [1.29, 1.82) is 0 Å². The average Bonchev–Trinajstić information content (AvgIpc) is 2.98. The monoisotopic (exact) mass is 328 g/mol. The summed E-state index contributed by atoms with van der Waals surface area (Å²) in [7, 11) is 0. The van der Waals surface area contributed by atoms with Gasteiger partial charge >= 0.3 is 5.97 Å². The number of H-pyrrole nitrogens is 1. The van der Waals surface area contributed by atoms with Crippen LogP contribution in [0, 0.1) is 0 Å². The molecule has 23 heavy (non-hydrogen) atoms. The molecule has 0 bridgehead atoms. The van der Waals surface area contributed by atoms with E-state index in [0.29, 0.717) is 16.0 Å². The van der Waals surface area contributed by atoms with Crippen LogP contribution in [0.25, 0.3) is 10.9 Å². The fourth-order valence-corrected chi connectivity index (χ4v) is 2.46. The number of benzene rings is 2. The Kier molecular flexibility index (Phi) is 4.12. The first kappa shape index (κ1) is 15.2. The predicted octanol–water partition coefficient (Wildman–Crippen LogP) is 3.64. The van der Waals surface area contributed by atoms with Crippen LogP contribution in [0.1, 0.15) is 27.8 Å². The van der Waals surface area contributed by atoms with Gasteiger partial charge in [0.05, 0.1) is 5.52 Å². The lowest BCUT2D eigenvalue weighted by atomic mass is 10.1. The van der Waals surface area contributed by atoms with Crippen LogP contribution in [0.4, 0.5) is 0 Å². The minimum atomic E-state index is -0.934. The van der Waals surface area contributed by atoms with E-state index in [1.54, 1.807) is 36.4 Å². The van der Waals surface area contributed by atoms with Crippen LogP contribution in [0.3, 0.4) is 0 Å². The van der Waals surface area contributed by atoms with Gasteiger partial charge in [-0.3, -0.25) is 9.89 Å². The van der Waals surface area contributed by atoms with Crippen molar-refractivity contribution in [2.75, 3.05) is 0 Å². The standard InChI is InChI=1S/C17H13ClN2O3/c1-10(16(21)11-5-4-6-12(18)9-11)23-17(22)15-13-7-2-3-8-14(13)19-20-15/h2-10H,1H3,(H,19,20)/t10-/m1/s1. The van der Waals surface area contributed by atoms with Crippen molar-refractivity contribution in [3.8, 4) is 0 Å². The van der Waals surface area contributed by atoms with Gasteiger partial charge in [0.1, 0.15) is 0 Å². The highest BCUT2D eigenvalue weighted by Crippen LogP contribution is 2.18. The number of rotatable bonds is 4. The van der Waals surface area contributed by atoms with Gasteiger partial charge in [-0.2, -0.15) is 5.10 Å². The Balaban J connectivity index is 1.78. The molecule has 1 atom stereocenters. The number of hydrogen-bond acceptors (Lipinski definition) is 4. The molecule has 116 valence electrons. The number of ketones is 1. The molecule has 2 aromatic carbocycles. The molecule has 0 spiro atoms. The zero-order valence-corrected chi connectivity index (χ0v) is 13.0. The minimum absolute atomic E-state index is 0.159. The Labute approximate surface area is 137 Å². The molecule has 0 unspecified atom stereocenters. The minimum Gasteiger partial charge on any atom is -0.449 e. The number of hydrogen-bond donors (Lipinski definition) is 1. The van der Waals surface area contributed by atoms with Gasteiger partial charge in [0.15, 0.2) is 11.8 Å². The van der Waals surface area contributed by atoms with Crippen molar-refractivity contribution in [1.82, 2.24) is 10.2 Å². The lowest BCUT2D eigenvalue weighted by Crippen LogP contribution is -2.24. The third-order valence-corrected chi connectivity index (χ3v) is 3.66. The second-order valence-corrected chi connectivity index (χ2v) is 5.48. The first-order chi connectivity index (χ1) is 11.1. The smallest absolute Gasteiger partial charge is 0.360 e. The predicted molar refractivity (Wildman–Crippen MR) is 86.8 cm³/mol. The maximum absolute atomic E-state index is 12.3. The van der Waals surface area contributed by atoms with Gasteiger partial charge < -0.3 is 4.74 Å². The van der Waals surface area contributed by atoms with E-state index in [0.717, 1.165) is 5.52 Å². The number of Topliss-reactive ketones (excluding diaryl/α,β-unsaturated/α-hetero) is 1. The van der Waals surface area contributed by atoms with Crippen LogP contribution in [-0.2, 0) is 4.74 Å². The Bertz CT molecular complexity index is 888. The molecule has 3 aromatic rings.